The molecule has 0 fully saturated rings. The lowest BCUT2D eigenvalue weighted by molar-refractivity contribution is 0.483. The fraction of sp³-hybridized carbons (Fsp3) is 0.242. The molecule has 0 atom stereocenters. The molecule has 0 spiro atoms. The highest BCUT2D eigenvalue weighted by atomic mass is 28.3. The summed E-state index contributed by atoms with van der Waals surface area (Å²) in [6.45, 7) is 22.1. The number of aromatic nitrogens is 1. The Morgan fingerprint density at radius 1 is 0.618 bits per heavy atom. The predicted octanol–water partition coefficient (Wildman–Crippen LogP) is 15.9. The van der Waals surface area contributed by atoms with Crippen LogP contribution in [0.4, 0.5) is 39.9 Å². The Labute approximate surface area is 415 Å². The smallest absolute Gasteiger partial charge is 0.137 e. The molecule has 2 aliphatic heterocycles. The highest BCUT2D eigenvalue weighted by molar-refractivity contribution is 7.02. The molecule has 2 aliphatic rings. The van der Waals surface area contributed by atoms with Crippen molar-refractivity contribution in [2.24, 2.45) is 5.92 Å². The Kier molecular flexibility index (Phi) is 9.46. The van der Waals surface area contributed by atoms with E-state index in [0.717, 1.165) is 45.3 Å². The van der Waals surface area contributed by atoms with Gasteiger partial charge in [0.1, 0.15) is 32.1 Å². The van der Waals surface area contributed by atoms with Crippen molar-refractivity contribution in [3.8, 4) is 33.8 Å². The molecular formula is C62H64N4OSi. The third kappa shape index (κ3) is 8.40. The van der Waals surface area contributed by atoms with Crippen molar-refractivity contribution in [2.45, 2.75) is 85.7 Å². The van der Waals surface area contributed by atoms with Crippen LogP contribution in [0.25, 0.3) is 22.3 Å². The standard InChI is InChI=1S/C62H64N4OSi/c1-42(2)34-43-32-33-63-59(35-43)66-55-28-16-17-29-57(55)68(9,10)58-31-30-50(40-56(58)66)67-49-23-18-22-48(39-49)64-41-65(54-27-15-14-26-53(54)64)60-51(44-20-12-11-13-21-44)24-19-25-52(60)45-36-46(61(3,4)5)38-47(37-45)62(6,7)8/h11-33,35-40,42H,34,41H2,1-10H3/i11D,12D,13D,20D,21D,34D2. The van der Waals surface area contributed by atoms with E-state index < -0.39 is 20.5 Å². The van der Waals surface area contributed by atoms with Crippen LogP contribution in [0.5, 0.6) is 11.5 Å². The van der Waals surface area contributed by atoms with E-state index >= 15 is 0 Å². The minimum atomic E-state index is -2.23. The molecule has 0 bridgehead atoms. The van der Waals surface area contributed by atoms with E-state index in [1.54, 1.807) is 12.3 Å². The normalized spacial score (nSPS) is 15.9. The zero-order valence-corrected chi connectivity index (χ0v) is 41.8. The Balaban J connectivity index is 1.08. The highest BCUT2D eigenvalue weighted by Crippen LogP contribution is 2.51. The number of anilines is 7. The molecule has 0 amide bonds. The molecular weight excluding hydrogens is 845 g/mol. The van der Waals surface area contributed by atoms with Gasteiger partial charge in [-0.15, -0.1) is 0 Å². The van der Waals surface area contributed by atoms with E-state index in [-0.39, 0.29) is 46.5 Å². The van der Waals surface area contributed by atoms with Crippen LogP contribution in [0.15, 0.2) is 176 Å². The first-order chi connectivity index (χ1) is 35.4. The molecule has 8 aromatic rings. The van der Waals surface area contributed by atoms with E-state index in [1.807, 2.05) is 74.5 Å². The Bertz CT molecular complexity index is 3500. The number of fused-ring (bicyclic) bond motifs is 3. The topological polar surface area (TPSA) is 31.8 Å². The van der Waals surface area contributed by atoms with E-state index in [1.165, 1.54) is 21.5 Å². The number of hydrogen-bond donors (Lipinski definition) is 0. The summed E-state index contributed by atoms with van der Waals surface area (Å²) in [5.74, 6) is 1.67. The van der Waals surface area contributed by atoms with Crippen molar-refractivity contribution in [2.75, 3.05) is 21.4 Å². The van der Waals surface area contributed by atoms with Crippen LogP contribution >= 0.6 is 0 Å². The number of rotatable bonds is 9. The largest absolute Gasteiger partial charge is 0.457 e. The summed E-state index contributed by atoms with van der Waals surface area (Å²) in [5, 5.41) is 2.49. The van der Waals surface area contributed by atoms with Crippen LogP contribution in [0, 0.1) is 5.92 Å². The summed E-state index contributed by atoms with van der Waals surface area (Å²) in [6, 6.07) is 45.6. The molecule has 10 rings (SSSR count). The van der Waals surface area contributed by atoms with Gasteiger partial charge in [-0.25, -0.2) is 4.98 Å². The maximum atomic E-state index is 9.25. The first-order valence-electron chi connectivity index (χ1n) is 27.2. The third-order valence-corrected chi connectivity index (χ3v) is 16.8. The van der Waals surface area contributed by atoms with Crippen LogP contribution in [-0.4, -0.2) is 19.7 Å². The zero-order chi connectivity index (χ0) is 53.7. The molecule has 6 heteroatoms. The predicted molar refractivity (Wildman–Crippen MR) is 291 cm³/mol. The molecule has 0 unspecified atom stereocenters. The second-order valence-corrected chi connectivity index (χ2v) is 25.3. The summed E-state index contributed by atoms with van der Waals surface area (Å²) >= 11 is 0. The van der Waals surface area contributed by atoms with Gasteiger partial charge in [0, 0.05) is 43.6 Å². The minimum absolute atomic E-state index is 0.144. The number of para-hydroxylation sites is 4. The van der Waals surface area contributed by atoms with Gasteiger partial charge in [0.15, 0.2) is 0 Å². The van der Waals surface area contributed by atoms with Gasteiger partial charge in [0.05, 0.1) is 29.6 Å². The summed E-state index contributed by atoms with van der Waals surface area (Å²) in [7, 11) is -2.23. The van der Waals surface area contributed by atoms with Gasteiger partial charge >= 0.3 is 0 Å². The second-order valence-electron chi connectivity index (χ2n) is 20.9. The lowest BCUT2D eigenvalue weighted by Crippen LogP contribution is -2.58. The lowest BCUT2D eigenvalue weighted by atomic mass is 9.78. The van der Waals surface area contributed by atoms with E-state index in [2.05, 4.69) is 142 Å². The molecule has 3 heterocycles. The van der Waals surface area contributed by atoms with Crippen molar-refractivity contribution in [3.63, 3.8) is 0 Å². The van der Waals surface area contributed by atoms with Crippen LogP contribution in [-0.2, 0) is 17.2 Å². The minimum Gasteiger partial charge on any atom is -0.457 e. The van der Waals surface area contributed by atoms with Gasteiger partial charge < -0.3 is 14.5 Å². The first-order valence-corrected chi connectivity index (χ1v) is 26.7. The molecule has 0 N–H and O–H groups in total. The molecule has 68 heavy (non-hydrogen) atoms. The van der Waals surface area contributed by atoms with Gasteiger partial charge in [-0.3, -0.25) is 4.90 Å². The molecule has 0 radical (unpaired) electrons. The Morgan fingerprint density at radius 2 is 1.24 bits per heavy atom. The quantitative estimate of drug-likeness (QED) is 0.135. The lowest BCUT2D eigenvalue weighted by Gasteiger charge is -2.40. The van der Waals surface area contributed by atoms with Crippen molar-refractivity contribution < 1.29 is 14.3 Å². The highest BCUT2D eigenvalue weighted by Gasteiger charge is 2.39. The molecule has 0 aliphatic carbocycles. The van der Waals surface area contributed by atoms with Crippen molar-refractivity contribution >= 4 is 58.4 Å². The second kappa shape index (κ2) is 17.3. The van der Waals surface area contributed by atoms with Crippen molar-refractivity contribution in [1.82, 2.24) is 4.98 Å². The number of ether oxygens (including phenoxy) is 1. The number of hydrogen-bond acceptors (Lipinski definition) is 5. The third-order valence-electron chi connectivity index (χ3n) is 13.3. The van der Waals surface area contributed by atoms with Gasteiger partial charge in [-0.05, 0) is 110 Å². The molecule has 7 aromatic carbocycles. The monoisotopic (exact) mass is 916 g/mol. The summed E-state index contributed by atoms with van der Waals surface area (Å²) in [4.78, 5) is 11.5. The van der Waals surface area contributed by atoms with Gasteiger partial charge in [0.25, 0.3) is 0 Å². The van der Waals surface area contributed by atoms with Crippen LogP contribution in [0.3, 0.4) is 0 Å². The van der Waals surface area contributed by atoms with Gasteiger partial charge in [-0.2, -0.15) is 0 Å². The average Bonchev–Trinajstić information content (AvgIpc) is 3.77. The van der Waals surface area contributed by atoms with Crippen molar-refractivity contribution in [1.29, 1.82) is 0 Å². The summed E-state index contributed by atoms with van der Waals surface area (Å²) in [5.41, 5.74) is 10.5. The molecule has 0 saturated carbocycles. The maximum absolute atomic E-state index is 9.25. The zero-order valence-electron chi connectivity index (χ0n) is 47.8. The SMILES string of the molecule is [2H]c1c([2H])c([2H])c(-c2cccc(-c3cc(C(C)(C)C)cc(C(C)(C)C)c3)c2N2CN(c3cccc(Oc4ccc5c(c4)N(c4cc(C([2H])([2H])C(C)C)ccn4)c4ccccc4[Si]5(C)C)c3)c3ccccc32)c([2H])c1[2H]. The van der Waals surface area contributed by atoms with Gasteiger partial charge in [-0.1, -0.05) is 178 Å². The average molecular weight is 916 g/mol. The van der Waals surface area contributed by atoms with Crippen molar-refractivity contribution in [3.05, 3.63) is 193 Å². The maximum Gasteiger partial charge on any atom is 0.137 e. The number of pyridine rings is 1. The molecule has 5 nitrogen and oxygen atoms in total. The van der Waals surface area contributed by atoms with E-state index in [0.29, 0.717) is 35.1 Å². The van der Waals surface area contributed by atoms with Crippen LogP contribution < -0.4 is 29.8 Å². The fourth-order valence-electron chi connectivity index (χ4n) is 9.75. The van der Waals surface area contributed by atoms with Crippen LogP contribution in [0.1, 0.15) is 81.7 Å². The molecule has 342 valence electrons. The number of benzene rings is 7. The fourth-order valence-corrected chi connectivity index (χ4v) is 12.7. The van der Waals surface area contributed by atoms with E-state index in [4.69, 9.17) is 16.6 Å². The first kappa shape index (κ1) is 37.1. The van der Waals surface area contributed by atoms with Gasteiger partial charge in [0.2, 0.25) is 0 Å². The summed E-state index contributed by atoms with van der Waals surface area (Å²) < 4.78 is 69.3. The Morgan fingerprint density at radius 3 is 1.93 bits per heavy atom. The van der Waals surface area contributed by atoms with Crippen LogP contribution in [0.2, 0.25) is 13.1 Å². The Hall–Kier alpha value is -6.89. The molecule has 1 aromatic heterocycles. The van der Waals surface area contributed by atoms with E-state index in [9.17, 15) is 2.74 Å². The number of nitrogens with zero attached hydrogens (tertiary/aromatic N) is 4. The summed E-state index contributed by atoms with van der Waals surface area (Å²) in [6.07, 6.45) is 0.146. The molecule has 0 saturated heterocycles.